The third-order valence-electron chi connectivity index (χ3n) is 6.24. The van der Waals surface area contributed by atoms with Crippen LogP contribution >= 0.6 is 7.82 Å². The number of aliphatic hydroxyl groups excluding tert-OH is 2. The number of phosphoric ester groups is 1. The lowest BCUT2D eigenvalue weighted by molar-refractivity contribution is 0.0420. The average molecular weight is 503 g/mol. The van der Waals surface area contributed by atoms with Crippen LogP contribution in [0.1, 0.15) is 119 Å². The summed E-state index contributed by atoms with van der Waals surface area (Å²) >= 11 is 0. The fourth-order valence-electron chi connectivity index (χ4n) is 3.77. The fourth-order valence-corrected chi connectivity index (χ4v) is 4.18. The normalized spacial score (nSPS) is 13.4. The van der Waals surface area contributed by atoms with Crippen LogP contribution in [0.3, 0.4) is 0 Å². The Morgan fingerprint density at radius 3 is 1.47 bits per heavy atom. The van der Waals surface area contributed by atoms with E-state index in [0.29, 0.717) is 0 Å². The minimum absolute atomic E-state index is 0.0801. The van der Waals surface area contributed by atoms with E-state index in [2.05, 4.69) is 48.5 Å². The molecule has 0 unspecified atom stereocenters. The van der Waals surface area contributed by atoms with Crippen LogP contribution in [-0.4, -0.2) is 33.2 Å². The largest absolute Gasteiger partial charge is 0.524 e. The molecule has 0 atom stereocenters. The molecule has 7 heteroatoms. The van der Waals surface area contributed by atoms with E-state index in [-0.39, 0.29) is 40.6 Å². The summed E-state index contributed by atoms with van der Waals surface area (Å²) in [5, 5.41) is 18.1. The molecule has 0 radical (unpaired) electrons. The van der Waals surface area contributed by atoms with Crippen molar-refractivity contribution in [3.63, 3.8) is 0 Å². The van der Waals surface area contributed by atoms with E-state index in [1.54, 1.807) is 6.07 Å². The van der Waals surface area contributed by atoms with Crippen LogP contribution in [0.25, 0.3) is 0 Å². The standard InChI is InChI=1S/C18H31O4P.C9H20O2/c1-16(2,3)12-10-14(18(7,8)9)15(22-23(19,20)21)11-13(12)17(4,5)6;1-3-5-6-9(4-2,7-10)8-11/h10-11H,1-9H3,(H2,19,20,21);10-11H,3-8H2,1-2H3. The average Bonchev–Trinajstić information content (AvgIpc) is 2.66. The second-order valence-corrected chi connectivity index (χ2v) is 13.7. The van der Waals surface area contributed by atoms with Gasteiger partial charge in [-0.05, 0) is 46.3 Å². The topological polar surface area (TPSA) is 107 Å². The van der Waals surface area contributed by atoms with Crippen LogP contribution in [0.5, 0.6) is 5.75 Å². The molecule has 1 aromatic carbocycles. The van der Waals surface area contributed by atoms with Gasteiger partial charge in [0.05, 0.1) is 13.2 Å². The van der Waals surface area contributed by atoms with Crippen LogP contribution in [0.15, 0.2) is 12.1 Å². The summed E-state index contributed by atoms with van der Waals surface area (Å²) in [5.41, 5.74) is 2.28. The van der Waals surface area contributed by atoms with Gasteiger partial charge in [0, 0.05) is 11.0 Å². The number of hydrogen-bond acceptors (Lipinski definition) is 4. The molecule has 1 rings (SSSR count). The highest BCUT2D eigenvalue weighted by atomic mass is 31.2. The van der Waals surface area contributed by atoms with Crippen molar-refractivity contribution in [2.24, 2.45) is 5.41 Å². The first-order chi connectivity index (χ1) is 15.2. The Hall–Kier alpha value is -0.910. The molecule has 0 aromatic heterocycles. The number of rotatable bonds is 8. The maximum Gasteiger partial charge on any atom is 0.524 e. The quantitative estimate of drug-likeness (QED) is 0.298. The first-order valence-electron chi connectivity index (χ1n) is 12.3. The lowest BCUT2D eigenvalue weighted by Crippen LogP contribution is -2.28. The van der Waals surface area contributed by atoms with Crippen molar-refractivity contribution in [1.29, 1.82) is 0 Å². The summed E-state index contributed by atoms with van der Waals surface area (Å²) in [5.74, 6) is 0.267. The second kappa shape index (κ2) is 12.4. The van der Waals surface area contributed by atoms with Crippen LogP contribution < -0.4 is 4.52 Å². The van der Waals surface area contributed by atoms with Crippen molar-refractivity contribution in [2.75, 3.05) is 13.2 Å². The van der Waals surface area contributed by atoms with E-state index >= 15 is 0 Å². The Bertz CT molecular complexity index is 794. The Morgan fingerprint density at radius 2 is 1.18 bits per heavy atom. The van der Waals surface area contributed by atoms with Crippen molar-refractivity contribution in [1.82, 2.24) is 0 Å². The molecule has 6 nitrogen and oxygen atoms in total. The molecule has 0 fully saturated rings. The number of aliphatic hydroxyl groups is 2. The summed E-state index contributed by atoms with van der Waals surface area (Å²) in [7, 11) is -4.61. The molecular formula is C27H51O6P. The first kappa shape index (κ1) is 33.1. The molecule has 0 aliphatic rings. The van der Waals surface area contributed by atoms with Gasteiger partial charge in [0.2, 0.25) is 0 Å². The molecule has 0 heterocycles. The van der Waals surface area contributed by atoms with Gasteiger partial charge in [0.15, 0.2) is 0 Å². The van der Waals surface area contributed by atoms with E-state index in [0.717, 1.165) is 36.8 Å². The molecule has 0 saturated heterocycles. The monoisotopic (exact) mass is 502 g/mol. The lowest BCUT2D eigenvalue weighted by Gasteiger charge is -2.34. The highest BCUT2D eigenvalue weighted by molar-refractivity contribution is 7.46. The zero-order valence-corrected chi connectivity index (χ0v) is 24.3. The molecule has 4 N–H and O–H groups in total. The molecule has 0 spiro atoms. The van der Waals surface area contributed by atoms with Crippen molar-refractivity contribution < 1.29 is 29.1 Å². The van der Waals surface area contributed by atoms with Crippen LogP contribution in [0.2, 0.25) is 0 Å². The maximum absolute atomic E-state index is 11.4. The summed E-state index contributed by atoms with van der Waals surface area (Å²) < 4.78 is 16.4. The van der Waals surface area contributed by atoms with Crippen molar-refractivity contribution >= 4 is 7.82 Å². The molecule has 34 heavy (non-hydrogen) atoms. The number of benzene rings is 1. The van der Waals surface area contributed by atoms with Crippen molar-refractivity contribution in [3.05, 3.63) is 28.8 Å². The molecule has 200 valence electrons. The van der Waals surface area contributed by atoms with E-state index in [1.807, 2.05) is 33.8 Å². The predicted octanol–water partition coefficient (Wildman–Crippen LogP) is 6.61. The molecule has 0 aliphatic carbocycles. The van der Waals surface area contributed by atoms with Gasteiger partial charge < -0.3 is 14.7 Å². The fraction of sp³-hybridized carbons (Fsp3) is 0.778. The predicted molar refractivity (Wildman–Crippen MR) is 142 cm³/mol. The van der Waals surface area contributed by atoms with Crippen molar-refractivity contribution in [2.45, 2.75) is 118 Å². The van der Waals surface area contributed by atoms with Gasteiger partial charge >= 0.3 is 7.82 Å². The summed E-state index contributed by atoms with van der Waals surface area (Å²) in [4.78, 5) is 18.5. The summed E-state index contributed by atoms with van der Waals surface area (Å²) in [6.45, 7) is 23.1. The molecular weight excluding hydrogens is 451 g/mol. The summed E-state index contributed by atoms with van der Waals surface area (Å²) in [6, 6.07) is 3.85. The van der Waals surface area contributed by atoms with Gasteiger partial charge in [-0.1, -0.05) is 95.1 Å². The van der Waals surface area contributed by atoms with E-state index in [9.17, 15) is 14.4 Å². The van der Waals surface area contributed by atoms with E-state index in [4.69, 9.17) is 14.7 Å². The zero-order chi connectivity index (χ0) is 27.2. The minimum atomic E-state index is -4.61. The molecule has 0 aliphatic heterocycles. The van der Waals surface area contributed by atoms with Crippen LogP contribution in [-0.2, 0) is 20.8 Å². The number of phosphoric acid groups is 1. The minimum Gasteiger partial charge on any atom is -0.404 e. The highest BCUT2D eigenvalue weighted by Crippen LogP contribution is 2.46. The summed E-state index contributed by atoms with van der Waals surface area (Å²) in [6.07, 6.45) is 4.02. The molecule has 0 saturated carbocycles. The van der Waals surface area contributed by atoms with Gasteiger partial charge in [-0.15, -0.1) is 0 Å². The van der Waals surface area contributed by atoms with Gasteiger partial charge in [0.1, 0.15) is 5.75 Å². The highest BCUT2D eigenvalue weighted by Gasteiger charge is 2.32. The second-order valence-electron chi connectivity index (χ2n) is 12.5. The van der Waals surface area contributed by atoms with Crippen LogP contribution in [0.4, 0.5) is 0 Å². The van der Waals surface area contributed by atoms with Gasteiger partial charge in [-0.25, -0.2) is 4.57 Å². The zero-order valence-electron chi connectivity index (χ0n) is 23.4. The maximum atomic E-state index is 11.4. The van der Waals surface area contributed by atoms with Gasteiger partial charge in [-0.3, -0.25) is 9.79 Å². The van der Waals surface area contributed by atoms with E-state index in [1.165, 1.54) is 5.56 Å². The molecule has 1 aromatic rings. The molecule has 0 amide bonds. The first-order valence-corrected chi connectivity index (χ1v) is 13.9. The van der Waals surface area contributed by atoms with E-state index < -0.39 is 7.82 Å². The Balaban J connectivity index is 0.000000833. The Labute approximate surface area is 208 Å². The van der Waals surface area contributed by atoms with Crippen molar-refractivity contribution in [3.8, 4) is 5.75 Å². The number of hydrogen-bond donors (Lipinski definition) is 4. The third-order valence-corrected chi connectivity index (χ3v) is 6.68. The Kier molecular flexibility index (Phi) is 12.0. The Morgan fingerprint density at radius 1 is 0.765 bits per heavy atom. The SMILES string of the molecule is CC(C)(C)c1cc(C(C)(C)C)c(C(C)(C)C)cc1OP(=O)(O)O.CCCCC(CC)(CO)CO. The van der Waals surface area contributed by atoms with Gasteiger partial charge in [-0.2, -0.15) is 0 Å². The number of unbranched alkanes of at least 4 members (excludes halogenated alkanes) is 1. The third kappa shape index (κ3) is 10.4. The lowest BCUT2D eigenvalue weighted by atomic mass is 9.72. The smallest absolute Gasteiger partial charge is 0.404 e. The van der Waals surface area contributed by atoms with Gasteiger partial charge in [0.25, 0.3) is 0 Å². The van der Waals surface area contributed by atoms with Crippen LogP contribution in [0, 0.1) is 5.41 Å². The molecule has 0 bridgehead atoms.